The van der Waals surface area contributed by atoms with E-state index in [1.54, 1.807) is 11.8 Å². The van der Waals surface area contributed by atoms with Gasteiger partial charge in [-0.2, -0.15) is 11.8 Å². The van der Waals surface area contributed by atoms with E-state index in [9.17, 15) is 4.79 Å². The number of nitrogens with zero attached hydrogens (tertiary/aromatic N) is 1. The van der Waals surface area contributed by atoms with E-state index in [0.29, 0.717) is 5.92 Å². The standard InChI is InChI=1S/C13H25N3OS/c1-18-7-5-12(14)13(17)15-8-10-4-6-16(9-10)11-2-3-11/h10-12H,2-9,14H2,1H3,(H,15,17)/t10?,12-/m0/s1. The Morgan fingerprint density at radius 1 is 1.50 bits per heavy atom. The van der Waals surface area contributed by atoms with Crippen LogP contribution in [0.2, 0.25) is 0 Å². The molecular weight excluding hydrogens is 246 g/mol. The number of amides is 1. The van der Waals surface area contributed by atoms with Crippen molar-refractivity contribution in [3.63, 3.8) is 0 Å². The monoisotopic (exact) mass is 271 g/mol. The molecule has 0 radical (unpaired) electrons. The molecule has 0 aromatic heterocycles. The van der Waals surface area contributed by atoms with Gasteiger partial charge in [-0.25, -0.2) is 0 Å². The predicted molar refractivity (Wildman–Crippen MR) is 76.7 cm³/mol. The van der Waals surface area contributed by atoms with Crippen molar-refractivity contribution in [3.8, 4) is 0 Å². The normalized spacial score (nSPS) is 26.2. The maximum absolute atomic E-state index is 11.8. The van der Waals surface area contributed by atoms with Gasteiger partial charge < -0.3 is 16.0 Å². The first kappa shape index (κ1) is 14.2. The summed E-state index contributed by atoms with van der Waals surface area (Å²) < 4.78 is 0. The lowest BCUT2D eigenvalue weighted by atomic mass is 10.1. The van der Waals surface area contributed by atoms with Crippen molar-refractivity contribution in [2.45, 2.75) is 37.8 Å². The molecule has 1 saturated carbocycles. The van der Waals surface area contributed by atoms with Crippen LogP contribution in [-0.2, 0) is 4.79 Å². The Morgan fingerprint density at radius 3 is 2.94 bits per heavy atom. The molecule has 5 heteroatoms. The fourth-order valence-corrected chi connectivity index (χ4v) is 3.04. The first-order valence-corrected chi connectivity index (χ1v) is 8.36. The van der Waals surface area contributed by atoms with Crippen molar-refractivity contribution in [2.24, 2.45) is 11.7 Å². The van der Waals surface area contributed by atoms with Gasteiger partial charge >= 0.3 is 0 Å². The summed E-state index contributed by atoms with van der Waals surface area (Å²) in [4.78, 5) is 14.3. The third kappa shape index (κ3) is 4.14. The van der Waals surface area contributed by atoms with Crippen LogP contribution < -0.4 is 11.1 Å². The summed E-state index contributed by atoms with van der Waals surface area (Å²) in [6.45, 7) is 3.17. The molecule has 1 aliphatic carbocycles. The number of carbonyl (C=O) groups is 1. The quantitative estimate of drug-likeness (QED) is 0.714. The highest BCUT2D eigenvalue weighted by atomic mass is 32.2. The first-order valence-electron chi connectivity index (χ1n) is 6.97. The molecule has 4 nitrogen and oxygen atoms in total. The molecule has 18 heavy (non-hydrogen) atoms. The van der Waals surface area contributed by atoms with Gasteiger partial charge in [0.1, 0.15) is 0 Å². The molecule has 104 valence electrons. The molecule has 3 N–H and O–H groups in total. The van der Waals surface area contributed by atoms with Gasteiger partial charge in [-0.15, -0.1) is 0 Å². The van der Waals surface area contributed by atoms with Crippen LogP contribution in [0.1, 0.15) is 25.7 Å². The van der Waals surface area contributed by atoms with Crippen molar-refractivity contribution < 1.29 is 4.79 Å². The average Bonchev–Trinajstić information content (AvgIpc) is 3.12. The number of carbonyl (C=O) groups excluding carboxylic acids is 1. The van der Waals surface area contributed by atoms with Crippen LogP contribution >= 0.6 is 11.8 Å². The number of nitrogens with one attached hydrogen (secondary N) is 1. The van der Waals surface area contributed by atoms with Crippen molar-refractivity contribution in [2.75, 3.05) is 31.6 Å². The first-order chi connectivity index (χ1) is 8.70. The minimum atomic E-state index is -0.335. The minimum Gasteiger partial charge on any atom is -0.354 e. The van der Waals surface area contributed by atoms with Crippen molar-refractivity contribution in [1.29, 1.82) is 0 Å². The maximum Gasteiger partial charge on any atom is 0.236 e. The smallest absolute Gasteiger partial charge is 0.236 e. The highest BCUT2D eigenvalue weighted by Crippen LogP contribution is 2.31. The van der Waals surface area contributed by atoms with Crippen LogP contribution in [0.5, 0.6) is 0 Å². The molecule has 1 unspecified atom stereocenters. The van der Waals surface area contributed by atoms with Crippen LogP contribution in [0.15, 0.2) is 0 Å². The summed E-state index contributed by atoms with van der Waals surface area (Å²) in [5.74, 6) is 1.60. The second kappa shape index (κ2) is 6.78. The zero-order valence-corrected chi connectivity index (χ0v) is 12.0. The lowest BCUT2D eigenvalue weighted by Crippen LogP contribution is -2.43. The van der Waals surface area contributed by atoms with Crippen LogP contribution in [0.4, 0.5) is 0 Å². The Kier molecular flexibility index (Phi) is 5.33. The fourth-order valence-electron chi connectivity index (χ4n) is 2.55. The van der Waals surface area contributed by atoms with Gasteiger partial charge in [0.25, 0.3) is 0 Å². The van der Waals surface area contributed by atoms with Crippen LogP contribution in [0.3, 0.4) is 0 Å². The number of hydrogen-bond donors (Lipinski definition) is 2. The molecule has 2 rings (SSSR count). The summed E-state index contributed by atoms with van der Waals surface area (Å²) >= 11 is 1.73. The molecule has 0 aromatic carbocycles. The molecular formula is C13H25N3OS. The van der Waals surface area contributed by atoms with E-state index in [-0.39, 0.29) is 11.9 Å². The summed E-state index contributed by atoms with van der Waals surface area (Å²) in [6, 6.07) is 0.521. The van der Waals surface area contributed by atoms with Crippen LogP contribution in [0.25, 0.3) is 0 Å². The molecule has 2 aliphatic rings. The van der Waals surface area contributed by atoms with Gasteiger partial charge in [0.15, 0.2) is 0 Å². The van der Waals surface area contributed by atoms with E-state index in [1.807, 2.05) is 6.26 Å². The number of thioether (sulfide) groups is 1. The van der Waals surface area contributed by atoms with Crippen molar-refractivity contribution in [3.05, 3.63) is 0 Å². The summed E-state index contributed by atoms with van der Waals surface area (Å²) in [5.41, 5.74) is 5.84. The van der Waals surface area contributed by atoms with Crippen LogP contribution in [-0.4, -0.2) is 54.5 Å². The van der Waals surface area contributed by atoms with E-state index in [2.05, 4.69) is 10.2 Å². The SMILES string of the molecule is CSCC[C@H](N)C(=O)NCC1CCN(C2CC2)C1. The Hall–Kier alpha value is -0.260. The highest BCUT2D eigenvalue weighted by Gasteiger charge is 2.34. The van der Waals surface area contributed by atoms with E-state index < -0.39 is 0 Å². The molecule has 1 amide bonds. The Morgan fingerprint density at radius 2 is 2.28 bits per heavy atom. The van der Waals surface area contributed by atoms with Gasteiger partial charge in [0.05, 0.1) is 6.04 Å². The zero-order valence-electron chi connectivity index (χ0n) is 11.2. The Balaban J connectivity index is 1.60. The molecule has 0 spiro atoms. The molecule has 1 saturated heterocycles. The summed E-state index contributed by atoms with van der Waals surface area (Å²) in [7, 11) is 0. The number of hydrogen-bond acceptors (Lipinski definition) is 4. The zero-order chi connectivity index (χ0) is 13.0. The van der Waals surface area contributed by atoms with Crippen molar-refractivity contribution >= 4 is 17.7 Å². The lowest BCUT2D eigenvalue weighted by Gasteiger charge is -2.16. The topological polar surface area (TPSA) is 58.4 Å². The summed E-state index contributed by atoms with van der Waals surface area (Å²) in [6.07, 6.45) is 6.77. The van der Waals surface area contributed by atoms with Gasteiger partial charge in [0.2, 0.25) is 5.91 Å². The second-order valence-electron chi connectivity index (χ2n) is 5.51. The Labute approximate surface area is 114 Å². The molecule has 2 atom stereocenters. The number of nitrogens with two attached hydrogens (primary N) is 1. The largest absolute Gasteiger partial charge is 0.354 e. The number of rotatable bonds is 7. The maximum atomic E-state index is 11.8. The molecule has 2 fully saturated rings. The Bertz CT molecular complexity index is 283. The molecule has 1 heterocycles. The van der Waals surface area contributed by atoms with Gasteiger partial charge in [-0.3, -0.25) is 4.79 Å². The van der Waals surface area contributed by atoms with E-state index >= 15 is 0 Å². The lowest BCUT2D eigenvalue weighted by molar-refractivity contribution is -0.122. The predicted octanol–water partition coefficient (Wildman–Crippen LogP) is 0.667. The third-order valence-corrected chi connectivity index (χ3v) is 4.56. The van der Waals surface area contributed by atoms with E-state index in [1.165, 1.54) is 25.8 Å². The van der Waals surface area contributed by atoms with Gasteiger partial charge in [0, 0.05) is 19.1 Å². The van der Waals surface area contributed by atoms with Crippen molar-refractivity contribution in [1.82, 2.24) is 10.2 Å². The third-order valence-electron chi connectivity index (χ3n) is 3.92. The number of likely N-dealkylation sites (tertiary alicyclic amines) is 1. The molecule has 0 bridgehead atoms. The molecule has 1 aliphatic heterocycles. The van der Waals surface area contributed by atoms with E-state index in [4.69, 9.17) is 5.73 Å². The van der Waals surface area contributed by atoms with Crippen LogP contribution in [0, 0.1) is 5.92 Å². The molecule has 0 aromatic rings. The fraction of sp³-hybridized carbons (Fsp3) is 0.923. The van der Waals surface area contributed by atoms with Gasteiger partial charge in [-0.05, 0) is 50.2 Å². The average molecular weight is 271 g/mol. The highest BCUT2D eigenvalue weighted by molar-refractivity contribution is 7.98. The van der Waals surface area contributed by atoms with E-state index in [0.717, 1.165) is 31.3 Å². The second-order valence-corrected chi connectivity index (χ2v) is 6.50. The summed E-state index contributed by atoms with van der Waals surface area (Å²) in [5, 5.41) is 3.01. The van der Waals surface area contributed by atoms with Gasteiger partial charge in [-0.1, -0.05) is 0 Å². The minimum absolute atomic E-state index is 0.0221.